The SMILES string of the molecule is O=c1/c(=C\C=C\c2ccccc2)sc2n1C(c1ccccc1)C1=C(N=2)/C(=C/c2ccccc2)CCC1. The summed E-state index contributed by atoms with van der Waals surface area (Å²) >= 11 is 1.48. The fraction of sp³-hybridized carbons (Fsp3) is 0.125. The smallest absolute Gasteiger partial charge is 0.271 e. The first kappa shape index (κ1) is 22.4. The molecule has 0 spiro atoms. The molecule has 3 aromatic carbocycles. The van der Waals surface area contributed by atoms with Crippen molar-refractivity contribution in [3.63, 3.8) is 0 Å². The molecule has 36 heavy (non-hydrogen) atoms. The molecule has 0 fully saturated rings. The molecule has 4 heteroatoms. The summed E-state index contributed by atoms with van der Waals surface area (Å²) in [5.74, 6) is 0. The van der Waals surface area contributed by atoms with Crippen LogP contribution in [0, 0.1) is 0 Å². The lowest BCUT2D eigenvalue weighted by Gasteiger charge is -2.31. The minimum atomic E-state index is -0.128. The molecule has 2 aliphatic rings. The number of benzene rings is 3. The van der Waals surface area contributed by atoms with Crippen molar-refractivity contribution in [2.45, 2.75) is 25.3 Å². The summed E-state index contributed by atoms with van der Waals surface area (Å²) < 4.78 is 2.61. The number of aromatic nitrogens is 1. The quantitative estimate of drug-likeness (QED) is 0.341. The van der Waals surface area contributed by atoms with Crippen molar-refractivity contribution in [2.24, 2.45) is 4.99 Å². The molecule has 3 nitrogen and oxygen atoms in total. The van der Waals surface area contributed by atoms with Gasteiger partial charge in [0.2, 0.25) is 0 Å². The van der Waals surface area contributed by atoms with Gasteiger partial charge in [-0.2, -0.15) is 0 Å². The largest absolute Gasteiger partial charge is 0.272 e. The lowest BCUT2D eigenvalue weighted by atomic mass is 9.84. The standard InChI is InChI=1S/C32H26N2OS/c35-31-28(21-10-16-23-12-4-1-5-13-23)36-32-33-29-26(22-24-14-6-2-7-15-24)19-11-20-27(29)30(34(31)32)25-17-8-3-9-18-25/h1-10,12-18,21-22,30H,11,19-20H2/b16-10+,26-22+,28-21+. The molecule has 0 N–H and O–H groups in total. The van der Waals surface area contributed by atoms with Crippen molar-refractivity contribution in [2.75, 3.05) is 0 Å². The van der Waals surface area contributed by atoms with E-state index in [0.29, 0.717) is 4.53 Å². The Morgan fingerprint density at radius 1 is 0.833 bits per heavy atom. The van der Waals surface area contributed by atoms with Gasteiger partial charge in [0.1, 0.15) is 0 Å². The number of hydrogen-bond acceptors (Lipinski definition) is 3. The van der Waals surface area contributed by atoms with Crippen molar-refractivity contribution < 1.29 is 0 Å². The van der Waals surface area contributed by atoms with Gasteiger partial charge in [-0.1, -0.05) is 114 Å². The number of rotatable bonds is 4. The van der Waals surface area contributed by atoms with E-state index >= 15 is 0 Å². The minimum Gasteiger partial charge on any atom is -0.272 e. The third-order valence-electron chi connectivity index (χ3n) is 6.72. The van der Waals surface area contributed by atoms with Crippen LogP contribution in [0.2, 0.25) is 0 Å². The number of hydrogen-bond donors (Lipinski definition) is 0. The van der Waals surface area contributed by atoms with E-state index in [9.17, 15) is 4.79 Å². The molecular formula is C32H26N2OS. The highest BCUT2D eigenvalue weighted by molar-refractivity contribution is 7.07. The summed E-state index contributed by atoms with van der Waals surface area (Å²) in [5, 5.41) is 0. The van der Waals surface area contributed by atoms with Gasteiger partial charge in [-0.15, -0.1) is 0 Å². The molecule has 1 aliphatic heterocycles. The van der Waals surface area contributed by atoms with E-state index in [1.54, 1.807) is 0 Å². The van der Waals surface area contributed by atoms with Crippen molar-refractivity contribution >= 4 is 29.6 Å². The van der Waals surface area contributed by atoms with Gasteiger partial charge in [0.25, 0.3) is 5.56 Å². The first-order chi connectivity index (χ1) is 17.8. The second-order valence-corrected chi connectivity index (χ2v) is 10.1. The zero-order chi connectivity index (χ0) is 24.3. The second kappa shape index (κ2) is 9.92. The zero-order valence-electron chi connectivity index (χ0n) is 19.9. The maximum atomic E-state index is 13.7. The van der Waals surface area contributed by atoms with Crippen molar-refractivity contribution in [1.82, 2.24) is 4.57 Å². The number of nitrogens with zero attached hydrogens (tertiary/aromatic N) is 2. The van der Waals surface area contributed by atoms with Crippen LogP contribution < -0.4 is 14.9 Å². The molecule has 0 bridgehead atoms. The number of fused-ring (bicyclic) bond motifs is 1. The van der Waals surface area contributed by atoms with Crippen LogP contribution in [0.4, 0.5) is 0 Å². The van der Waals surface area contributed by atoms with Crippen LogP contribution in [0.5, 0.6) is 0 Å². The lowest BCUT2D eigenvalue weighted by molar-refractivity contribution is 0.553. The van der Waals surface area contributed by atoms with Crippen LogP contribution in [0.25, 0.3) is 18.2 Å². The van der Waals surface area contributed by atoms with Crippen molar-refractivity contribution in [1.29, 1.82) is 0 Å². The van der Waals surface area contributed by atoms with Crippen LogP contribution in [-0.2, 0) is 0 Å². The van der Waals surface area contributed by atoms with E-state index in [-0.39, 0.29) is 11.6 Å². The van der Waals surface area contributed by atoms with E-state index in [1.165, 1.54) is 28.0 Å². The molecule has 0 radical (unpaired) electrons. The van der Waals surface area contributed by atoms with E-state index in [1.807, 2.05) is 53.1 Å². The summed E-state index contributed by atoms with van der Waals surface area (Å²) in [7, 11) is 0. The van der Waals surface area contributed by atoms with Crippen LogP contribution in [-0.4, -0.2) is 4.57 Å². The highest BCUT2D eigenvalue weighted by Crippen LogP contribution is 2.40. The third kappa shape index (κ3) is 4.36. The van der Waals surface area contributed by atoms with Crippen LogP contribution in [0.3, 0.4) is 0 Å². The predicted molar refractivity (Wildman–Crippen MR) is 149 cm³/mol. The van der Waals surface area contributed by atoms with Gasteiger partial charge in [0.15, 0.2) is 4.80 Å². The Morgan fingerprint density at radius 2 is 1.50 bits per heavy atom. The number of thiazole rings is 1. The van der Waals surface area contributed by atoms with Crippen LogP contribution in [0.15, 0.2) is 124 Å². The molecule has 0 saturated carbocycles. The second-order valence-electron chi connectivity index (χ2n) is 9.09. The van der Waals surface area contributed by atoms with Crippen molar-refractivity contribution in [3.8, 4) is 0 Å². The van der Waals surface area contributed by atoms with Gasteiger partial charge in [0.05, 0.1) is 16.3 Å². The number of allylic oxidation sites excluding steroid dienone is 3. The molecule has 1 aliphatic carbocycles. The zero-order valence-corrected chi connectivity index (χ0v) is 20.7. The molecule has 2 heterocycles. The molecule has 6 rings (SSSR count). The van der Waals surface area contributed by atoms with E-state index in [4.69, 9.17) is 4.99 Å². The summed E-state index contributed by atoms with van der Waals surface area (Å²) in [4.78, 5) is 19.6. The average Bonchev–Trinajstić information content (AvgIpc) is 3.24. The summed E-state index contributed by atoms with van der Waals surface area (Å²) in [6.07, 6.45) is 11.2. The molecule has 1 atom stereocenters. The lowest BCUT2D eigenvalue weighted by Crippen LogP contribution is -2.38. The Morgan fingerprint density at radius 3 is 2.22 bits per heavy atom. The molecule has 4 aromatic rings. The first-order valence-electron chi connectivity index (χ1n) is 12.4. The first-order valence-corrected chi connectivity index (χ1v) is 13.2. The molecular weight excluding hydrogens is 460 g/mol. The van der Waals surface area contributed by atoms with Gasteiger partial charge >= 0.3 is 0 Å². The average molecular weight is 487 g/mol. The minimum absolute atomic E-state index is 0.0241. The van der Waals surface area contributed by atoms with Crippen LogP contribution in [0.1, 0.15) is 42.0 Å². The fourth-order valence-electron chi connectivity index (χ4n) is 5.07. The summed E-state index contributed by atoms with van der Waals surface area (Å²) in [5.41, 5.74) is 7.01. The summed E-state index contributed by atoms with van der Waals surface area (Å²) in [6.45, 7) is 0. The Hall–Kier alpha value is -4.02. The van der Waals surface area contributed by atoms with Gasteiger partial charge < -0.3 is 0 Å². The summed E-state index contributed by atoms with van der Waals surface area (Å²) in [6, 6.07) is 30.8. The topological polar surface area (TPSA) is 34.4 Å². The molecule has 1 aromatic heterocycles. The Balaban J connectivity index is 1.52. The molecule has 0 amide bonds. The highest BCUT2D eigenvalue weighted by atomic mass is 32.1. The van der Waals surface area contributed by atoms with Gasteiger partial charge in [0, 0.05) is 0 Å². The maximum Gasteiger partial charge on any atom is 0.271 e. The monoisotopic (exact) mass is 486 g/mol. The van der Waals surface area contributed by atoms with Gasteiger partial charge in [-0.25, -0.2) is 4.99 Å². The van der Waals surface area contributed by atoms with E-state index in [0.717, 1.165) is 40.9 Å². The van der Waals surface area contributed by atoms with Gasteiger partial charge in [-0.3, -0.25) is 9.36 Å². The maximum absolute atomic E-state index is 13.7. The molecule has 1 unspecified atom stereocenters. The Labute approximate surface area is 214 Å². The normalized spacial score (nSPS) is 18.8. The highest BCUT2D eigenvalue weighted by Gasteiger charge is 2.32. The Kier molecular flexibility index (Phi) is 6.18. The van der Waals surface area contributed by atoms with Crippen LogP contribution >= 0.6 is 11.3 Å². The predicted octanol–water partition coefficient (Wildman–Crippen LogP) is 6.15. The third-order valence-corrected chi connectivity index (χ3v) is 7.73. The molecule has 0 saturated heterocycles. The fourth-order valence-corrected chi connectivity index (χ4v) is 6.02. The van der Waals surface area contributed by atoms with Crippen molar-refractivity contribution in [3.05, 3.63) is 150 Å². The Bertz CT molecular complexity index is 1660. The molecule has 176 valence electrons. The van der Waals surface area contributed by atoms with E-state index < -0.39 is 0 Å². The van der Waals surface area contributed by atoms with Gasteiger partial charge in [-0.05, 0) is 59.3 Å². The van der Waals surface area contributed by atoms with E-state index in [2.05, 4.69) is 66.7 Å².